The molecule has 4 aromatic rings. The van der Waals surface area contributed by atoms with Crippen LogP contribution < -0.4 is 9.47 Å². The number of amides is 2. The molecule has 1 heterocycles. The number of para-hydroxylation sites is 2. The van der Waals surface area contributed by atoms with E-state index in [1.54, 1.807) is 14.2 Å². The van der Waals surface area contributed by atoms with E-state index in [1.807, 2.05) is 131 Å². The largest absolute Gasteiger partial charge is 0.491 e. The van der Waals surface area contributed by atoms with E-state index >= 15 is 4.79 Å². The first kappa shape index (κ1) is 38.7. The second-order valence-corrected chi connectivity index (χ2v) is 12.2. The number of hydrogen-bond acceptors (Lipinski definition) is 9. The van der Waals surface area contributed by atoms with Crippen LogP contribution in [0.15, 0.2) is 121 Å². The third kappa shape index (κ3) is 11.8. The fourth-order valence-electron chi connectivity index (χ4n) is 6.01. The van der Waals surface area contributed by atoms with Crippen molar-refractivity contribution >= 4 is 6.03 Å². The van der Waals surface area contributed by atoms with Crippen LogP contribution in [0.5, 0.6) is 11.5 Å². The van der Waals surface area contributed by atoms with Gasteiger partial charge in [-0.2, -0.15) is 0 Å². The molecule has 278 valence electrons. The van der Waals surface area contributed by atoms with Gasteiger partial charge in [0.25, 0.3) is 0 Å². The number of nitrogens with zero attached hydrogens (tertiary/aromatic N) is 2. The van der Waals surface area contributed by atoms with Crippen molar-refractivity contribution in [2.45, 2.75) is 37.4 Å². The standard InChI is InChI=1S/C41H50N2O9/c1-45-23-25-47-31-51-39-37(29-49-35-19-11-5-12-20-35)42(27-33-15-7-3-8-16-33)41(44)43(28-34-17-9-4-10-18-34)38(30-50-36-21-13-6-14-22-36)40(39)52-32-48-26-24-46-2/h3-22,37-40H,23-32H2,1-2H3/t37-,38-,39-,40-/m0/s1. The highest BCUT2D eigenvalue weighted by atomic mass is 16.7. The summed E-state index contributed by atoms with van der Waals surface area (Å²) in [6.07, 6.45) is -1.51. The Kier molecular flexibility index (Phi) is 16.2. The van der Waals surface area contributed by atoms with E-state index in [1.165, 1.54) is 0 Å². The van der Waals surface area contributed by atoms with Crippen LogP contribution in [-0.4, -0.2) is 108 Å². The van der Waals surface area contributed by atoms with Gasteiger partial charge >= 0.3 is 6.03 Å². The van der Waals surface area contributed by atoms with Gasteiger partial charge in [0.1, 0.15) is 50.5 Å². The van der Waals surface area contributed by atoms with Crippen LogP contribution in [0, 0.1) is 0 Å². The zero-order valence-electron chi connectivity index (χ0n) is 30.0. The lowest BCUT2D eigenvalue weighted by molar-refractivity contribution is -0.196. The molecule has 4 aromatic carbocycles. The molecule has 5 rings (SSSR count). The Morgan fingerprint density at radius 1 is 0.500 bits per heavy atom. The molecule has 1 aliphatic heterocycles. The first-order valence-electron chi connectivity index (χ1n) is 17.5. The monoisotopic (exact) mass is 714 g/mol. The normalized spacial score (nSPS) is 19.0. The number of carbonyl (C=O) groups excluding carboxylic acids is 1. The topological polar surface area (TPSA) is 97.4 Å². The number of hydrogen-bond donors (Lipinski definition) is 0. The molecule has 0 unspecified atom stereocenters. The average Bonchev–Trinajstić information content (AvgIpc) is 3.26. The number of rotatable bonds is 22. The summed E-state index contributed by atoms with van der Waals surface area (Å²) in [5.74, 6) is 1.33. The van der Waals surface area contributed by atoms with Gasteiger partial charge in [-0.3, -0.25) is 0 Å². The molecule has 0 aromatic heterocycles. The Morgan fingerprint density at radius 3 is 1.23 bits per heavy atom. The molecular weight excluding hydrogens is 664 g/mol. The van der Waals surface area contributed by atoms with Crippen LogP contribution in [0.25, 0.3) is 0 Å². The minimum absolute atomic E-state index is 0.0709. The molecule has 0 bridgehead atoms. The molecule has 11 nitrogen and oxygen atoms in total. The molecular formula is C41H50N2O9. The molecule has 11 heteroatoms. The maximum atomic E-state index is 15.3. The Hall–Kier alpha value is -4.49. The van der Waals surface area contributed by atoms with E-state index < -0.39 is 24.3 Å². The highest BCUT2D eigenvalue weighted by Gasteiger charge is 2.50. The summed E-state index contributed by atoms with van der Waals surface area (Å²) < 4.78 is 48.3. The lowest BCUT2D eigenvalue weighted by Gasteiger charge is -2.37. The average molecular weight is 715 g/mol. The molecule has 0 N–H and O–H groups in total. The van der Waals surface area contributed by atoms with E-state index in [4.69, 9.17) is 37.9 Å². The van der Waals surface area contributed by atoms with Crippen LogP contribution in [0.3, 0.4) is 0 Å². The molecule has 0 radical (unpaired) electrons. The number of ether oxygens (including phenoxy) is 8. The van der Waals surface area contributed by atoms with Gasteiger partial charge in [0.15, 0.2) is 0 Å². The fourth-order valence-corrected chi connectivity index (χ4v) is 6.01. The summed E-state index contributed by atoms with van der Waals surface area (Å²) in [7, 11) is 3.23. The van der Waals surface area contributed by atoms with Crippen molar-refractivity contribution < 1.29 is 42.7 Å². The third-order valence-corrected chi connectivity index (χ3v) is 8.64. The third-order valence-electron chi connectivity index (χ3n) is 8.64. The molecule has 1 fully saturated rings. The van der Waals surface area contributed by atoms with Crippen LogP contribution in [0.4, 0.5) is 4.79 Å². The summed E-state index contributed by atoms with van der Waals surface area (Å²) in [4.78, 5) is 18.9. The van der Waals surface area contributed by atoms with Crippen molar-refractivity contribution in [3.63, 3.8) is 0 Å². The highest BCUT2D eigenvalue weighted by Crippen LogP contribution is 2.31. The van der Waals surface area contributed by atoms with E-state index in [0.717, 1.165) is 11.1 Å². The first-order chi connectivity index (χ1) is 25.7. The summed E-state index contributed by atoms with van der Waals surface area (Å²) in [6, 6.07) is 37.4. The van der Waals surface area contributed by atoms with Crippen LogP contribution in [0.1, 0.15) is 11.1 Å². The second-order valence-electron chi connectivity index (χ2n) is 12.2. The Bertz CT molecular complexity index is 1420. The van der Waals surface area contributed by atoms with Crippen molar-refractivity contribution in [2.75, 3.05) is 67.4 Å². The van der Waals surface area contributed by atoms with Crippen molar-refractivity contribution in [1.82, 2.24) is 9.80 Å². The van der Waals surface area contributed by atoms with E-state index in [2.05, 4.69) is 0 Å². The molecule has 2 amide bonds. The summed E-state index contributed by atoms with van der Waals surface area (Å²) in [6.45, 7) is 2.13. The Morgan fingerprint density at radius 2 is 0.865 bits per heavy atom. The minimum atomic E-state index is -0.755. The number of urea groups is 1. The van der Waals surface area contributed by atoms with Gasteiger partial charge in [0.2, 0.25) is 0 Å². The van der Waals surface area contributed by atoms with Crippen LogP contribution in [-0.2, 0) is 41.5 Å². The lowest BCUT2D eigenvalue weighted by atomic mass is 9.98. The van der Waals surface area contributed by atoms with Gasteiger partial charge in [-0.15, -0.1) is 0 Å². The van der Waals surface area contributed by atoms with Gasteiger partial charge in [0.05, 0.1) is 38.5 Å². The van der Waals surface area contributed by atoms with Gasteiger partial charge in [0, 0.05) is 27.3 Å². The van der Waals surface area contributed by atoms with Crippen LogP contribution >= 0.6 is 0 Å². The maximum Gasteiger partial charge on any atom is 0.321 e. The number of methoxy groups -OCH3 is 2. The fraction of sp³-hybridized carbons (Fsp3) is 0.390. The zero-order chi connectivity index (χ0) is 36.2. The van der Waals surface area contributed by atoms with Crippen molar-refractivity contribution in [3.8, 4) is 11.5 Å². The predicted molar refractivity (Wildman–Crippen MR) is 196 cm³/mol. The van der Waals surface area contributed by atoms with E-state index in [0.29, 0.717) is 51.0 Å². The van der Waals surface area contributed by atoms with Gasteiger partial charge < -0.3 is 47.7 Å². The Labute approximate surface area is 306 Å². The summed E-state index contributed by atoms with van der Waals surface area (Å²) in [5, 5.41) is 0. The maximum absolute atomic E-state index is 15.3. The minimum Gasteiger partial charge on any atom is -0.491 e. The SMILES string of the molecule is COCCOCO[C@@H]1[C@@H](OCOCCOC)[C@H](COc2ccccc2)N(Cc2ccccc2)C(=O)N(Cc2ccccc2)[C@H]1COc1ccccc1. The number of carbonyl (C=O) groups is 1. The molecule has 0 saturated carbocycles. The second kappa shape index (κ2) is 21.8. The summed E-state index contributed by atoms with van der Waals surface area (Å²) >= 11 is 0. The van der Waals surface area contributed by atoms with Gasteiger partial charge in [-0.25, -0.2) is 4.79 Å². The van der Waals surface area contributed by atoms with E-state index in [-0.39, 0.29) is 32.8 Å². The predicted octanol–water partition coefficient (Wildman–Crippen LogP) is 6.03. The van der Waals surface area contributed by atoms with Crippen LogP contribution in [0.2, 0.25) is 0 Å². The molecule has 0 spiro atoms. The highest BCUT2D eigenvalue weighted by molar-refractivity contribution is 5.76. The molecule has 1 saturated heterocycles. The molecule has 1 aliphatic rings. The van der Waals surface area contributed by atoms with E-state index in [9.17, 15) is 0 Å². The Balaban J connectivity index is 1.60. The smallest absolute Gasteiger partial charge is 0.321 e. The van der Waals surface area contributed by atoms with Crippen molar-refractivity contribution in [2.24, 2.45) is 0 Å². The van der Waals surface area contributed by atoms with Gasteiger partial charge in [-0.05, 0) is 35.4 Å². The quantitative estimate of drug-likeness (QED) is 0.0714. The van der Waals surface area contributed by atoms with Crippen molar-refractivity contribution in [3.05, 3.63) is 132 Å². The van der Waals surface area contributed by atoms with Gasteiger partial charge in [-0.1, -0.05) is 97.1 Å². The molecule has 0 aliphatic carbocycles. The zero-order valence-corrected chi connectivity index (χ0v) is 30.0. The van der Waals surface area contributed by atoms with Crippen molar-refractivity contribution in [1.29, 1.82) is 0 Å². The lowest BCUT2D eigenvalue weighted by Crippen LogP contribution is -2.55. The number of benzene rings is 4. The molecule has 4 atom stereocenters. The summed E-state index contributed by atoms with van der Waals surface area (Å²) in [5.41, 5.74) is 1.91. The first-order valence-corrected chi connectivity index (χ1v) is 17.5. The molecule has 52 heavy (non-hydrogen) atoms.